The zero-order valence-electron chi connectivity index (χ0n) is 14.1. The number of methoxy groups -OCH3 is 2. The Morgan fingerprint density at radius 3 is 2.74 bits per heavy atom. The van der Waals surface area contributed by atoms with Gasteiger partial charge in [0.1, 0.15) is 11.5 Å². The first-order valence-corrected chi connectivity index (χ1v) is 8.08. The molecule has 2 aromatic rings. The molecule has 1 heterocycles. The van der Waals surface area contributed by atoms with Crippen LogP contribution in [-0.4, -0.2) is 19.2 Å². The molecule has 0 amide bonds. The van der Waals surface area contributed by atoms with Crippen molar-refractivity contribution in [1.29, 1.82) is 0 Å². The molecule has 3 rings (SSSR count). The van der Waals surface area contributed by atoms with Crippen LogP contribution in [0.1, 0.15) is 40.5 Å². The fourth-order valence-corrected chi connectivity index (χ4v) is 3.38. The summed E-state index contributed by atoms with van der Waals surface area (Å²) < 4.78 is 10.7. The van der Waals surface area contributed by atoms with Gasteiger partial charge >= 0.3 is 0 Å². The molecule has 1 aliphatic rings. The van der Waals surface area contributed by atoms with E-state index < -0.39 is 0 Å². The van der Waals surface area contributed by atoms with Crippen LogP contribution in [0.2, 0.25) is 0 Å². The number of nitrogens with zero attached hydrogens (tertiary/aromatic N) is 1. The van der Waals surface area contributed by atoms with E-state index >= 15 is 0 Å². The second kappa shape index (κ2) is 6.59. The molecule has 1 aromatic heterocycles. The molecule has 0 radical (unpaired) electrons. The van der Waals surface area contributed by atoms with Gasteiger partial charge in [0.25, 0.3) is 0 Å². The highest BCUT2D eigenvalue weighted by Gasteiger charge is 2.23. The second-order valence-electron chi connectivity index (χ2n) is 6.10. The normalized spacial score (nSPS) is 16.3. The standard InChI is InChI=1S/C19H24N2O2/c1-12-10-16-15(7-8-17(16)20)18(21-12)9-5-13-4-6-14(22-2)11-19(13)23-3/h4,6,10-11,17H,5,7-9,20H2,1-3H3. The van der Waals surface area contributed by atoms with E-state index in [1.54, 1.807) is 14.2 Å². The van der Waals surface area contributed by atoms with Crippen LogP contribution >= 0.6 is 0 Å². The maximum Gasteiger partial charge on any atom is 0.125 e. The predicted octanol–water partition coefficient (Wildman–Crippen LogP) is 3.14. The second-order valence-corrected chi connectivity index (χ2v) is 6.10. The maximum absolute atomic E-state index is 6.21. The monoisotopic (exact) mass is 312 g/mol. The minimum Gasteiger partial charge on any atom is -0.497 e. The SMILES string of the molecule is COc1ccc(CCc2nc(C)cc3c2CCC3N)c(OC)c1. The first-order valence-electron chi connectivity index (χ1n) is 8.08. The number of nitrogens with two attached hydrogens (primary N) is 1. The largest absolute Gasteiger partial charge is 0.497 e. The van der Waals surface area contributed by atoms with Crippen LogP contribution in [0.4, 0.5) is 0 Å². The molecule has 0 aliphatic heterocycles. The van der Waals surface area contributed by atoms with Gasteiger partial charge in [0, 0.05) is 23.5 Å². The van der Waals surface area contributed by atoms with Gasteiger partial charge in [-0.1, -0.05) is 6.07 Å². The van der Waals surface area contributed by atoms with Gasteiger partial charge in [-0.3, -0.25) is 4.98 Å². The Morgan fingerprint density at radius 2 is 2.00 bits per heavy atom. The van der Waals surface area contributed by atoms with Gasteiger partial charge in [0.15, 0.2) is 0 Å². The quantitative estimate of drug-likeness (QED) is 0.921. The summed E-state index contributed by atoms with van der Waals surface area (Å²) in [4.78, 5) is 4.76. The summed E-state index contributed by atoms with van der Waals surface area (Å²) in [5.41, 5.74) is 12.3. The summed E-state index contributed by atoms with van der Waals surface area (Å²) in [6, 6.07) is 8.28. The number of ether oxygens (including phenoxy) is 2. The smallest absolute Gasteiger partial charge is 0.125 e. The number of pyridine rings is 1. The van der Waals surface area contributed by atoms with Crippen molar-refractivity contribution < 1.29 is 9.47 Å². The molecule has 23 heavy (non-hydrogen) atoms. The van der Waals surface area contributed by atoms with Crippen LogP contribution in [0.5, 0.6) is 11.5 Å². The van der Waals surface area contributed by atoms with Crippen LogP contribution in [0.15, 0.2) is 24.3 Å². The van der Waals surface area contributed by atoms with E-state index in [1.807, 2.05) is 19.1 Å². The average molecular weight is 312 g/mol. The molecule has 0 saturated heterocycles. The zero-order valence-corrected chi connectivity index (χ0v) is 14.1. The average Bonchev–Trinajstić information content (AvgIpc) is 2.93. The van der Waals surface area contributed by atoms with Gasteiger partial charge in [0.05, 0.1) is 14.2 Å². The molecular weight excluding hydrogens is 288 g/mol. The molecule has 1 aliphatic carbocycles. The Hall–Kier alpha value is -2.07. The van der Waals surface area contributed by atoms with Crippen molar-refractivity contribution in [3.63, 3.8) is 0 Å². The van der Waals surface area contributed by atoms with Crippen molar-refractivity contribution in [2.75, 3.05) is 14.2 Å². The third-order valence-corrected chi connectivity index (χ3v) is 4.60. The summed E-state index contributed by atoms with van der Waals surface area (Å²) in [5, 5.41) is 0. The predicted molar refractivity (Wildman–Crippen MR) is 91.2 cm³/mol. The van der Waals surface area contributed by atoms with E-state index in [-0.39, 0.29) is 6.04 Å². The van der Waals surface area contributed by atoms with E-state index in [4.69, 9.17) is 20.2 Å². The fourth-order valence-electron chi connectivity index (χ4n) is 3.38. The maximum atomic E-state index is 6.21. The van der Waals surface area contributed by atoms with Crippen LogP contribution in [-0.2, 0) is 19.3 Å². The van der Waals surface area contributed by atoms with Crippen LogP contribution in [0, 0.1) is 6.92 Å². The summed E-state index contributed by atoms with van der Waals surface area (Å²) in [6.07, 6.45) is 3.86. The topological polar surface area (TPSA) is 57.4 Å². The molecule has 1 unspecified atom stereocenters. The van der Waals surface area contributed by atoms with Crippen LogP contribution in [0.3, 0.4) is 0 Å². The highest BCUT2D eigenvalue weighted by atomic mass is 16.5. The lowest BCUT2D eigenvalue weighted by Gasteiger charge is -2.13. The number of fused-ring (bicyclic) bond motifs is 1. The minimum atomic E-state index is 0.168. The van der Waals surface area contributed by atoms with Crippen LogP contribution < -0.4 is 15.2 Å². The van der Waals surface area contributed by atoms with E-state index in [1.165, 1.54) is 22.4 Å². The first-order chi connectivity index (χ1) is 11.1. The molecule has 1 atom stereocenters. The van der Waals surface area contributed by atoms with Crippen molar-refractivity contribution in [2.24, 2.45) is 5.73 Å². The minimum absolute atomic E-state index is 0.168. The lowest BCUT2D eigenvalue weighted by molar-refractivity contribution is 0.391. The Labute approximate surface area is 137 Å². The van der Waals surface area contributed by atoms with Crippen molar-refractivity contribution in [1.82, 2.24) is 4.98 Å². The van der Waals surface area contributed by atoms with E-state index in [0.29, 0.717) is 0 Å². The Bertz CT molecular complexity index is 713. The van der Waals surface area contributed by atoms with E-state index in [2.05, 4.69) is 12.1 Å². The van der Waals surface area contributed by atoms with Crippen molar-refractivity contribution in [3.05, 3.63) is 52.3 Å². The lowest BCUT2D eigenvalue weighted by Crippen LogP contribution is -2.08. The van der Waals surface area contributed by atoms with Gasteiger partial charge in [-0.05, 0) is 61.4 Å². The number of hydrogen-bond donors (Lipinski definition) is 1. The van der Waals surface area contributed by atoms with Gasteiger partial charge in [-0.15, -0.1) is 0 Å². The molecular formula is C19H24N2O2. The number of aromatic nitrogens is 1. The molecule has 4 heteroatoms. The Balaban J connectivity index is 1.83. The number of aryl methyl sites for hydroxylation is 3. The van der Waals surface area contributed by atoms with E-state index in [0.717, 1.165) is 42.9 Å². The lowest BCUT2D eigenvalue weighted by atomic mass is 10.0. The molecule has 122 valence electrons. The van der Waals surface area contributed by atoms with Crippen LogP contribution in [0.25, 0.3) is 0 Å². The summed E-state index contributed by atoms with van der Waals surface area (Å²) >= 11 is 0. The van der Waals surface area contributed by atoms with Gasteiger partial charge < -0.3 is 15.2 Å². The number of rotatable bonds is 5. The fraction of sp³-hybridized carbons (Fsp3) is 0.421. The van der Waals surface area contributed by atoms with Gasteiger partial charge in [0.2, 0.25) is 0 Å². The van der Waals surface area contributed by atoms with Crippen molar-refractivity contribution in [3.8, 4) is 11.5 Å². The summed E-state index contributed by atoms with van der Waals surface area (Å²) in [7, 11) is 3.36. The highest BCUT2D eigenvalue weighted by Crippen LogP contribution is 2.33. The highest BCUT2D eigenvalue weighted by molar-refractivity contribution is 5.42. The molecule has 0 spiro atoms. The molecule has 0 bridgehead atoms. The molecule has 0 fully saturated rings. The zero-order chi connectivity index (χ0) is 16.4. The molecule has 0 saturated carbocycles. The number of benzene rings is 1. The number of hydrogen-bond acceptors (Lipinski definition) is 4. The summed E-state index contributed by atoms with van der Waals surface area (Å²) in [5.74, 6) is 1.68. The van der Waals surface area contributed by atoms with Gasteiger partial charge in [-0.2, -0.15) is 0 Å². The Morgan fingerprint density at radius 1 is 1.17 bits per heavy atom. The molecule has 1 aromatic carbocycles. The molecule has 2 N–H and O–H groups in total. The van der Waals surface area contributed by atoms with E-state index in [9.17, 15) is 0 Å². The third-order valence-electron chi connectivity index (χ3n) is 4.60. The van der Waals surface area contributed by atoms with Crippen molar-refractivity contribution in [2.45, 2.75) is 38.6 Å². The first kappa shape index (κ1) is 15.8. The van der Waals surface area contributed by atoms with Gasteiger partial charge in [-0.25, -0.2) is 0 Å². The third kappa shape index (κ3) is 3.17. The Kier molecular flexibility index (Phi) is 4.53. The summed E-state index contributed by atoms with van der Waals surface area (Å²) in [6.45, 7) is 2.04. The molecule has 4 nitrogen and oxygen atoms in total. The van der Waals surface area contributed by atoms with Crippen molar-refractivity contribution >= 4 is 0 Å².